The number of amides is 2. The zero-order valence-corrected chi connectivity index (χ0v) is 19.3. The lowest BCUT2D eigenvalue weighted by Gasteiger charge is -2.28. The zero-order chi connectivity index (χ0) is 26.2. The molecule has 0 unspecified atom stereocenters. The third kappa shape index (κ3) is 4.92. The van der Waals surface area contributed by atoms with Crippen molar-refractivity contribution in [1.82, 2.24) is 19.9 Å². The third-order valence-electron chi connectivity index (χ3n) is 6.02. The number of carbonyl (C=O) groups excluding carboxylic acids is 1. The minimum atomic E-state index is -4.82. The maximum atomic E-state index is 15.1. The number of hydrogen-bond acceptors (Lipinski definition) is 5. The van der Waals surface area contributed by atoms with Gasteiger partial charge in [0.05, 0.1) is 22.6 Å². The molecule has 0 saturated carbocycles. The molecule has 0 spiro atoms. The Bertz CT molecular complexity index is 1460. The highest BCUT2D eigenvalue weighted by Gasteiger charge is 2.36. The van der Waals surface area contributed by atoms with Crippen LogP contribution in [0.4, 0.5) is 33.7 Å². The number of nitrogens with zero attached hydrogens (tertiary/aromatic N) is 4. The van der Waals surface area contributed by atoms with Gasteiger partial charge in [-0.05, 0) is 29.8 Å². The van der Waals surface area contributed by atoms with Crippen LogP contribution in [0.25, 0.3) is 22.6 Å². The molecule has 188 valence electrons. The van der Waals surface area contributed by atoms with Gasteiger partial charge < -0.3 is 16.0 Å². The molecule has 4 aromatic rings. The first-order valence-corrected chi connectivity index (χ1v) is 11.3. The summed E-state index contributed by atoms with van der Waals surface area (Å²) >= 11 is 0. The first-order chi connectivity index (χ1) is 17.7. The van der Waals surface area contributed by atoms with Crippen LogP contribution >= 0.6 is 0 Å². The van der Waals surface area contributed by atoms with Crippen LogP contribution < -0.4 is 11.1 Å². The van der Waals surface area contributed by atoms with Crippen LogP contribution in [0.5, 0.6) is 0 Å². The van der Waals surface area contributed by atoms with E-state index in [9.17, 15) is 18.0 Å². The summed E-state index contributed by atoms with van der Waals surface area (Å²) in [7, 11) is 0. The van der Waals surface area contributed by atoms with E-state index in [-0.39, 0.29) is 23.6 Å². The zero-order valence-electron chi connectivity index (χ0n) is 19.3. The first kappa shape index (κ1) is 24.2. The minimum absolute atomic E-state index is 0.193. The topological polar surface area (TPSA) is 97.0 Å². The fourth-order valence-corrected chi connectivity index (χ4v) is 4.24. The number of alkyl halides is 3. The number of hydrogen-bond donors (Lipinski definition) is 2. The Morgan fingerprint density at radius 1 is 1.00 bits per heavy atom. The van der Waals surface area contributed by atoms with Crippen LogP contribution in [0, 0.1) is 5.82 Å². The molecule has 11 heteroatoms. The largest absolute Gasteiger partial charge is 0.417 e. The standard InChI is InChI=1S/C26H20F4N6O/c27-19-13-18(26(28,29)30)17(24-32-8-4-9-33-24)12-21(19)34-22-11-16-14-36(25(31)37)10-7-20(16)35-23(22)15-5-2-1-3-6-15/h1-6,8-9,11-13,34H,7,10,14H2,(H2,31,37). The van der Waals surface area contributed by atoms with Crippen molar-refractivity contribution in [3.63, 3.8) is 0 Å². The van der Waals surface area contributed by atoms with Crippen molar-refractivity contribution in [2.45, 2.75) is 19.1 Å². The summed E-state index contributed by atoms with van der Waals surface area (Å²) in [6.07, 6.45) is -1.73. The van der Waals surface area contributed by atoms with Gasteiger partial charge in [0.1, 0.15) is 5.82 Å². The number of pyridine rings is 1. The van der Waals surface area contributed by atoms with Crippen molar-refractivity contribution in [2.75, 3.05) is 11.9 Å². The summed E-state index contributed by atoms with van der Waals surface area (Å²) in [6, 6.07) is 13.2. The Kier molecular flexibility index (Phi) is 6.20. The van der Waals surface area contributed by atoms with Crippen molar-refractivity contribution >= 4 is 17.4 Å². The number of nitrogens with two attached hydrogens (primary N) is 1. The lowest BCUT2D eigenvalue weighted by Crippen LogP contribution is -2.39. The molecule has 37 heavy (non-hydrogen) atoms. The summed E-state index contributed by atoms with van der Waals surface area (Å²) in [5.41, 5.74) is 6.70. The molecule has 0 aliphatic carbocycles. The van der Waals surface area contributed by atoms with Crippen molar-refractivity contribution in [3.8, 4) is 22.6 Å². The van der Waals surface area contributed by atoms with Gasteiger partial charge in [0.15, 0.2) is 5.82 Å². The van der Waals surface area contributed by atoms with Gasteiger partial charge in [-0.2, -0.15) is 13.2 Å². The highest BCUT2D eigenvalue weighted by molar-refractivity contribution is 5.81. The smallest absolute Gasteiger partial charge is 0.351 e. The van der Waals surface area contributed by atoms with E-state index >= 15 is 4.39 Å². The van der Waals surface area contributed by atoms with Crippen LogP contribution in [0.2, 0.25) is 0 Å². The van der Waals surface area contributed by atoms with Crippen LogP contribution in [0.15, 0.2) is 67.0 Å². The molecule has 7 nitrogen and oxygen atoms in total. The maximum absolute atomic E-state index is 15.1. The molecule has 1 aliphatic rings. The molecule has 3 N–H and O–H groups in total. The van der Waals surface area contributed by atoms with Gasteiger partial charge >= 0.3 is 12.2 Å². The molecule has 0 fully saturated rings. The van der Waals surface area contributed by atoms with Crippen LogP contribution in [0.3, 0.4) is 0 Å². The van der Waals surface area contributed by atoms with Crippen LogP contribution in [-0.2, 0) is 19.1 Å². The van der Waals surface area contributed by atoms with E-state index in [1.165, 1.54) is 23.4 Å². The molecule has 0 saturated heterocycles. The molecule has 0 bridgehead atoms. The van der Waals surface area contributed by atoms with Gasteiger partial charge in [-0.1, -0.05) is 30.3 Å². The second-order valence-corrected chi connectivity index (χ2v) is 8.44. The predicted octanol–water partition coefficient (Wildman–Crippen LogP) is 5.54. The number of rotatable bonds is 4. The van der Waals surface area contributed by atoms with Crippen molar-refractivity contribution in [3.05, 3.63) is 89.6 Å². The van der Waals surface area contributed by atoms with E-state index in [4.69, 9.17) is 10.7 Å². The number of benzene rings is 2. The third-order valence-corrected chi connectivity index (χ3v) is 6.02. The Morgan fingerprint density at radius 2 is 1.73 bits per heavy atom. The molecule has 3 heterocycles. The SMILES string of the molecule is NC(=O)N1CCc2nc(-c3ccccc3)c(Nc3cc(-c4ncccn4)c(C(F)(F)F)cc3F)cc2C1. The molecule has 0 atom stereocenters. The number of halogens is 4. The highest BCUT2D eigenvalue weighted by Crippen LogP contribution is 2.40. The number of primary amides is 1. The van der Waals surface area contributed by atoms with Gasteiger partial charge in [0, 0.05) is 48.7 Å². The average Bonchev–Trinajstić information content (AvgIpc) is 2.89. The summed E-state index contributed by atoms with van der Waals surface area (Å²) in [4.78, 5) is 25.8. The van der Waals surface area contributed by atoms with Crippen LogP contribution in [0.1, 0.15) is 16.8 Å². The van der Waals surface area contributed by atoms with Gasteiger partial charge in [-0.25, -0.2) is 19.2 Å². The number of nitrogens with one attached hydrogen (secondary N) is 1. The summed E-state index contributed by atoms with van der Waals surface area (Å²) in [6.45, 7) is 0.615. The minimum Gasteiger partial charge on any atom is -0.351 e. The van der Waals surface area contributed by atoms with Crippen molar-refractivity contribution < 1.29 is 22.4 Å². The molecular formula is C26H20F4N6O. The molecule has 0 radical (unpaired) electrons. The summed E-state index contributed by atoms with van der Waals surface area (Å²) in [5.74, 6) is -1.30. The van der Waals surface area contributed by atoms with E-state index in [1.807, 2.05) is 30.3 Å². The average molecular weight is 508 g/mol. The van der Waals surface area contributed by atoms with Gasteiger partial charge in [0.25, 0.3) is 0 Å². The molecule has 2 amide bonds. The Hall–Kier alpha value is -4.54. The van der Waals surface area contributed by atoms with E-state index in [0.717, 1.165) is 17.3 Å². The summed E-state index contributed by atoms with van der Waals surface area (Å²) < 4.78 is 56.4. The number of aromatic nitrogens is 3. The van der Waals surface area contributed by atoms with Gasteiger partial charge in [0.2, 0.25) is 0 Å². The van der Waals surface area contributed by atoms with Gasteiger partial charge in [-0.15, -0.1) is 0 Å². The predicted molar refractivity (Wildman–Crippen MR) is 129 cm³/mol. The van der Waals surface area contributed by atoms with Crippen molar-refractivity contribution in [2.24, 2.45) is 5.73 Å². The second-order valence-electron chi connectivity index (χ2n) is 8.44. The molecular weight excluding hydrogens is 488 g/mol. The first-order valence-electron chi connectivity index (χ1n) is 11.3. The number of urea groups is 1. The lowest BCUT2D eigenvalue weighted by molar-refractivity contribution is -0.137. The van der Waals surface area contributed by atoms with Gasteiger partial charge in [-0.3, -0.25) is 4.98 Å². The number of fused-ring (bicyclic) bond motifs is 1. The number of carbonyl (C=O) groups is 1. The Morgan fingerprint density at radius 3 is 2.41 bits per heavy atom. The monoisotopic (exact) mass is 508 g/mol. The van der Waals surface area contributed by atoms with E-state index in [0.29, 0.717) is 36.0 Å². The molecule has 2 aromatic heterocycles. The van der Waals surface area contributed by atoms with E-state index in [2.05, 4.69) is 15.3 Å². The molecule has 1 aliphatic heterocycles. The number of anilines is 2. The normalized spacial score (nSPS) is 13.2. The van der Waals surface area contributed by atoms with E-state index < -0.39 is 23.6 Å². The quantitative estimate of drug-likeness (QED) is 0.353. The van der Waals surface area contributed by atoms with Crippen LogP contribution in [-0.4, -0.2) is 32.4 Å². The van der Waals surface area contributed by atoms with E-state index in [1.54, 1.807) is 6.07 Å². The molecule has 5 rings (SSSR count). The fourth-order valence-electron chi connectivity index (χ4n) is 4.24. The van der Waals surface area contributed by atoms with Crippen molar-refractivity contribution in [1.29, 1.82) is 0 Å². The fraction of sp³-hybridized carbons (Fsp3) is 0.154. The summed E-state index contributed by atoms with van der Waals surface area (Å²) in [5, 5.41) is 2.93. The maximum Gasteiger partial charge on any atom is 0.417 e. The highest BCUT2D eigenvalue weighted by atomic mass is 19.4. The second kappa shape index (κ2) is 9.49. The Balaban J connectivity index is 1.64. The molecule has 2 aromatic carbocycles. The Labute approximate surface area is 209 Å². The lowest BCUT2D eigenvalue weighted by atomic mass is 10.0.